The van der Waals surface area contributed by atoms with E-state index in [4.69, 9.17) is 15.9 Å². The molecule has 3 heteroatoms. The van der Waals surface area contributed by atoms with Gasteiger partial charge in [-0.25, -0.2) is 0 Å². The van der Waals surface area contributed by atoms with Gasteiger partial charge in [-0.3, -0.25) is 5.41 Å². The number of amidine groups is 1. The molecule has 3 N–H and O–H groups in total. The summed E-state index contributed by atoms with van der Waals surface area (Å²) < 4.78 is 5.98. The van der Waals surface area contributed by atoms with Crippen molar-refractivity contribution in [2.45, 2.75) is 52.4 Å². The van der Waals surface area contributed by atoms with E-state index in [1.807, 2.05) is 0 Å². The van der Waals surface area contributed by atoms with Crippen LogP contribution in [0.1, 0.15) is 51.2 Å². The molecular weight excluding hydrogens is 248 g/mol. The van der Waals surface area contributed by atoms with Gasteiger partial charge in [0.1, 0.15) is 5.75 Å². The average molecular weight is 274 g/mol. The molecule has 3 nitrogen and oxygen atoms in total. The van der Waals surface area contributed by atoms with Gasteiger partial charge in [0.15, 0.2) is 0 Å². The molecule has 1 aliphatic rings. The molecule has 1 aromatic rings. The van der Waals surface area contributed by atoms with Gasteiger partial charge < -0.3 is 10.5 Å². The number of nitrogens with one attached hydrogen (secondary N) is 1. The Morgan fingerprint density at radius 1 is 1.35 bits per heavy atom. The summed E-state index contributed by atoms with van der Waals surface area (Å²) in [7, 11) is 0. The van der Waals surface area contributed by atoms with Gasteiger partial charge in [0, 0.05) is 11.8 Å². The second-order valence-electron chi connectivity index (χ2n) is 7.22. The van der Waals surface area contributed by atoms with Crippen molar-refractivity contribution in [3.8, 4) is 5.75 Å². The Hall–Kier alpha value is -1.51. The van der Waals surface area contributed by atoms with Crippen LogP contribution in [-0.4, -0.2) is 12.4 Å². The number of ether oxygens (including phenoxy) is 1. The van der Waals surface area contributed by atoms with Gasteiger partial charge in [-0.05, 0) is 42.4 Å². The molecule has 1 aliphatic carbocycles. The van der Waals surface area contributed by atoms with Crippen molar-refractivity contribution in [2.75, 3.05) is 6.61 Å². The lowest BCUT2D eigenvalue weighted by Crippen LogP contribution is -2.22. The Morgan fingerprint density at radius 3 is 2.45 bits per heavy atom. The summed E-state index contributed by atoms with van der Waals surface area (Å²) >= 11 is 0. The Balaban J connectivity index is 2.02. The maximum Gasteiger partial charge on any atom is 0.122 e. The maximum atomic E-state index is 7.43. The van der Waals surface area contributed by atoms with Crippen LogP contribution in [0.3, 0.4) is 0 Å². The zero-order valence-electron chi connectivity index (χ0n) is 13.0. The molecule has 0 atom stereocenters. The van der Waals surface area contributed by atoms with Crippen molar-refractivity contribution in [1.82, 2.24) is 0 Å². The highest BCUT2D eigenvalue weighted by atomic mass is 16.5. The summed E-state index contributed by atoms with van der Waals surface area (Å²) in [4.78, 5) is 0. The van der Waals surface area contributed by atoms with Crippen LogP contribution in [0.2, 0.25) is 0 Å². The highest BCUT2D eigenvalue weighted by molar-refractivity contribution is 5.78. The minimum atomic E-state index is 0.126. The normalized spacial score (nSPS) is 16.8. The third-order valence-corrected chi connectivity index (χ3v) is 4.10. The highest BCUT2D eigenvalue weighted by Crippen LogP contribution is 2.49. The molecule has 0 spiro atoms. The second-order valence-corrected chi connectivity index (χ2v) is 7.22. The van der Waals surface area contributed by atoms with Crippen LogP contribution in [0.4, 0.5) is 0 Å². The predicted molar refractivity (Wildman–Crippen MR) is 83.6 cm³/mol. The monoisotopic (exact) mass is 274 g/mol. The van der Waals surface area contributed by atoms with E-state index >= 15 is 0 Å². The van der Waals surface area contributed by atoms with Gasteiger partial charge >= 0.3 is 0 Å². The quantitative estimate of drug-likeness (QED) is 0.634. The van der Waals surface area contributed by atoms with Crippen LogP contribution in [-0.2, 0) is 5.41 Å². The molecule has 0 radical (unpaired) electrons. The van der Waals surface area contributed by atoms with Gasteiger partial charge in [-0.2, -0.15) is 0 Å². The van der Waals surface area contributed by atoms with Crippen LogP contribution < -0.4 is 10.5 Å². The summed E-state index contributed by atoms with van der Waals surface area (Å²) in [5.41, 5.74) is 8.30. The van der Waals surface area contributed by atoms with Crippen LogP contribution >= 0.6 is 0 Å². The second kappa shape index (κ2) is 5.12. The molecule has 0 bridgehead atoms. The van der Waals surface area contributed by atoms with Crippen LogP contribution in [0, 0.1) is 17.7 Å². The molecule has 1 saturated carbocycles. The molecule has 0 aliphatic heterocycles. The zero-order chi connectivity index (χ0) is 15.0. The number of nitrogens with two attached hydrogens (primary N) is 1. The van der Waals surface area contributed by atoms with Crippen molar-refractivity contribution in [2.24, 2.45) is 11.1 Å². The minimum Gasteiger partial charge on any atom is -0.493 e. The van der Waals surface area contributed by atoms with E-state index in [-0.39, 0.29) is 16.7 Å². The molecular formula is C17H26N2O. The van der Waals surface area contributed by atoms with E-state index in [9.17, 15) is 0 Å². The lowest BCUT2D eigenvalue weighted by Gasteiger charge is -2.21. The van der Waals surface area contributed by atoms with Crippen molar-refractivity contribution < 1.29 is 4.74 Å². The van der Waals surface area contributed by atoms with Crippen molar-refractivity contribution >= 4 is 5.84 Å². The summed E-state index contributed by atoms with van der Waals surface area (Å²) in [6, 6.07) is 6.42. The van der Waals surface area contributed by atoms with Gasteiger partial charge in [-0.15, -0.1) is 0 Å². The van der Waals surface area contributed by atoms with E-state index in [1.54, 1.807) is 0 Å². The fourth-order valence-corrected chi connectivity index (χ4v) is 2.46. The SMILES string of the molecule is Cc1cc(C(C)(C)C)ccc1OCC1(CC(=N)N)CC1. The maximum absolute atomic E-state index is 7.43. The van der Waals surface area contributed by atoms with Gasteiger partial charge in [-0.1, -0.05) is 32.9 Å². The Labute approximate surface area is 122 Å². The summed E-state index contributed by atoms with van der Waals surface area (Å²) in [6.45, 7) is 9.41. The zero-order valence-corrected chi connectivity index (χ0v) is 13.0. The van der Waals surface area contributed by atoms with E-state index in [0.717, 1.165) is 18.6 Å². The van der Waals surface area contributed by atoms with Crippen molar-refractivity contribution in [3.63, 3.8) is 0 Å². The molecule has 110 valence electrons. The van der Waals surface area contributed by atoms with Gasteiger partial charge in [0.25, 0.3) is 0 Å². The van der Waals surface area contributed by atoms with E-state index in [2.05, 4.69) is 45.9 Å². The molecule has 1 aromatic carbocycles. The van der Waals surface area contributed by atoms with Crippen LogP contribution in [0.25, 0.3) is 0 Å². The lowest BCUT2D eigenvalue weighted by atomic mass is 9.86. The fourth-order valence-electron chi connectivity index (χ4n) is 2.46. The summed E-state index contributed by atoms with van der Waals surface area (Å²) in [6.07, 6.45) is 2.89. The number of hydrogen-bond acceptors (Lipinski definition) is 2. The smallest absolute Gasteiger partial charge is 0.122 e. The third-order valence-electron chi connectivity index (χ3n) is 4.10. The molecule has 0 aromatic heterocycles. The molecule has 0 amide bonds. The summed E-state index contributed by atoms with van der Waals surface area (Å²) in [5.74, 6) is 1.22. The Kier molecular flexibility index (Phi) is 3.81. The molecule has 0 heterocycles. The molecule has 0 unspecified atom stereocenters. The van der Waals surface area contributed by atoms with Gasteiger partial charge in [0.2, 0.25) is 0 Å². The van der Waals surface area contributed by atoms with Crippen LogP contribution in [0.5, 0.6) is 5.75 Å². The lowest BCUT2D eigenvalue weighted by molar-refractivity contribution is 0.237. The molecule has 0 saturated heterocycles. The fraction of sp³-hybridized carbons (Fsp3) is 0.588. The van der Waals surface area contributed by atoms with Crippen molar-refractivity contribution in [1.29, 1.82) is 5.41 Å². The predicted octanol–water partition coefficient (Wildman–Crippen LogP) is 3.78. The highest BCUT2D eigenvalue weighted by Gasteiger charge is 2.44. The third kappa shape index (κ3) is 3.53. The molecule has 20 heavy (non-hydrogen) atoms. The Bertz CT molecular complexity index is 510. The van der Waals surface area contributed by atoms with E-state index < -0.39 is 0 Å². The first-order valence-corrected chi connectivity index (χ1v) is 7.29. The number of rotatable bonds is 5. The first kappa shape index (κ1) is 14.9. The first-order chi connectivity index (χ1) is 9.22. The first-order valence-electron chi connectivity index (χ1n) is 7.29. The largest absolute Gasteiger partial charge is 0.493 e. The van der Waals surface area contributed by atoms with E-state index in [1.165, 1.54) is 11.1 Å². The number of aryl methyl sites for hydroxylation is 1. The van der Waals surface area contributed by atoms with Gasteiger partial charge in [0.05, 0.1) is 12.4 Å². The number of benzene rings is 1. The standard InChI is InChI=1S/C17H26N2O/c1-12-9-13(16(2,3)4)5-6-14(12)20-11-17(7-8-17)10-15(18)19/h5-6,9H,7-8,10-11H2,1-4H3,(H3,18,19). The summed E-state index contributed by atoms with van der Waals surface area (Å²) in [5, 5.41) is 7.43. The average Bonchev–Trinajstić information content (AvgIpc) is 3.05. The van der Waals surface area contributed by atoms with E-state index in [0.29, 0.717) is 13.0 Å². The molecule has 2 rings (SSSR count). The minimum absolute atomic E-state index is 0.126. The van der Waals surface area contributed by atoms with Crippen LogP contribution in [0.15, 0.2) is 18.2 Å². The number of hydrogen-bond donors (Lipinski definition) is 2. The topological polar surface area (TPSA) is 59.1 Å². The molecule has 1 fully saturated rings. The Morgan fingerprint density at radius 2 is 2.00 bits per heavy atom. The van der Waals surface area contributed by atoms with Crippen molar-refractivity contribution in [3.05, 3.63) is 29.3 Å².